The fraction of sp³-hybridized carbons (Fsp3) is 1.00. The topological polar surface area (TPSA) is 194 Å². The summed E-state index contributed by atoms with van der Waals surface area (Å²) in [4.78, 5) is 0. The Labute approximate surface area is 859 Å². The zero-order chi connectivity index (χ0) is 92.1. The largest absolute Gasteiger partial charge is 0.503 e. The third-order valence-electron chi connectivity index (χ3n) is 23.7. The van der Waals surface area contributed by atoms with Gasteiger partial charge in [0.25, 0.3) is 0 Å². The minimum atomic E-state index is -2.38. The fourth-order valence-electron chi connectivity index (χ4n) is 15.0. The molecule has 0 heterocycles. The fourth-order valence-corrected chi connectivity index (χ4v) is 27.7. The number of unbranched alkanes of at least 4 members (excludes halogenated alkanes) is 44. The Morgan fingerprint density at radius 2 is 0.343 bits per heavy atom. The first-order valence-corrected chi connectivity index (χ1v) is 62.1. The molecule has 0 N–H and O–H groups in total. The van der Waals surface area contributed by atoms with Gasteiger partial charge < -0.3 is 92.9 Å². The van der Waals surface area contributed by atoms with Crippen molar-refractivity contribution in [3.63, 3.8) is 0 Å². The molecule has 134 heavy (non-hydrogen) atoms. The van der Waals surface area contributed by atoms with Crippen LogP contribution in [0.25, 0.3) is 0 Å². The van der Waals surface area contributed by atoms with Crippen molar-refractivity contribution in [2.45, 2.75) is 555 Å². The van der Waals surface area contributed by atoms with Crippen LogP contribution in [0.2, 0.25) is 41.8 Å². The van der Waals surface area contributed by atoms with Crippen molar-refractivity contribution in [1.29, 1.82) is 0 Å². The van der Waals surface area contributed by atoms with Gasteiger partial charge >= 0.3 is 61.6 Å². The van der Waals surface area contributed by atoms with Crippen LogP contribution in [0.5, 0.6) is 0 Å². The van der Waals surface area contributed by atoms with Gasteiger partial charge in [-0.1, -0.05) is 474 Å². The molecule has 0 aliphatic rings. The van der Waals surface area contributed by atoms with Crippen molar-refractivity contribution in [3.05, 3.63) is 0 Å². The van der Waals surface area contributed by atoms with E-state index in [0.29, 0.717) is 17.0 Å². The molecule has 0 bridgehead atoms. The predicted molar refractivity (Wildman–Crippen MR) is 618 cm³/mol. The van der Waals surface area contributed by atoms with Crippen LogP contribution in [0.15, 0.2) is 0 Å². The number of hydrogen-bond donors (Lipinski definition) is 0. The van der Waals surface area contributed by atoms with E-state index in [2.05, 4.69) is 62.3 Å². The molecule has 0 aliphatic carbocycles. The first-order chi connectivity index (χ1) is 57.9. The Morgan fingerprint density at radius 1 is 0.172 bits per heavy atom. The Hall–Kier alpha value is 0.678. The molecular formula is C106H268O21Si7. The molecule has 0 aromatic rings. The maximum Gasteiger partial charge on any atom is 0.503 e. The third-order valence-corrected chi connectivity index (χ3v) is 44.1. The normalized spacial score (nSPS) is 11.5. The lowest BCUT2D eigenvalue weighted by molar-refractivity contribution is 0.108. The Kier molecular flexibility index (Phi) is 192. The van der Waals surface area contributed by atoms with Crippen molar-refractivity contribution in [2.75, 3.05) is 149 Å². The first-order valence-electron chi connectivity index (χ1n) is 48.5. The highest BCUT2D eigenvalue weighted by Gasteiger charge is 2.47. The van der Waals surface area contributed by atoms with Gasteiger partial charge in [-0.3, -0.25) is 0 Å². The van der Waals surface area contributed by atoms with Gasteiger partial charge in [-0.2, -0.15) is 0 Å². The SMILES string of the molecule is C.C.C.C.C.C.C.C.C.C.C.C.C.C.CCCC(C)C[Si](OC)(OC)OC.CCCCC(C)[Si](OC)(OC)OC.CCCCC(CC)[Si](OC)(OC)OC.CCCCCCCCCCCCCCCCCC[Si](OC)(OC)OC.CCCCCCCCCCCCCCCCC[Si](OC)(OC)OC.CCCCCCCCCCCCCCCC[Si](OC)(OC)OC.CO[Si](C)(OC)OC. The highest BCUT2D eigenvalue weighted by Crippen LogP contribution is 2.33. The van der Waals surface area contributed by atoms with E-state index < -0.39 is 61.6 Å². The van der Waals surface area contributed by atoms with Gasteiger partial charge in [0.1, 0.15) is 0 Å². The first kappa shape index (κ1) is 186. The second kappa shape index (κ2) is 138. The summed E-state index contributed by atoms with van der Waals surface area (Å²) in [5.41, 5.74) is 0.815. The van der Waals surface area contributed by atoms with Gasteiger partial charge in [-0.25, -0.2) is 0 Å². The van der Waals surface area contributed by atoms with Crippen molar-refractivity contribution in [1.82, 2.24) is 0 Å². The second-order valence-corrected chi connectivity index (χ2v) is 54.5. The van der Waals surface area contributed by atoms with Gasteiger partial charge in [0, 0.05) is 191 Å². The summed E-state index contributed by atoms with van der Waals surface area (Å²) in [7, 11) is 18.9. The molecule has 0 spiro atoms. The Morgan fingerprint density at radius 3 is 0.485 bits per heavy atom. The molecule has 0 saturated carbocycles. The third kappa shape index (κ3) is 105. The van der Waals surface area contributed by atoms with E-state index in [1.54, 1.807) is 149 Å². The smallest absolute Gasteiger partial charge is 0.377 e. The van der Waals surface area contributed by atoms with Gasteiger partial charge in [0.05, 0.1) is 0 Å². The summed E-state index contributed by atoms with van der Waals surface area (Å²) in [6, 6.07) is 3.72. The monoisotopic (exact) mass is 2070 g/mol. The lowest BCUT2D eigenvalue weighted by Gasteiger charge is -2.31. The average molecular weight is 2080 g/mol. The Bertz CT molecular complexity index is 1850. The van der Waals surface area contributed by atoms with Gasteiger partial charge in [0.15, 0.2) is 0 Å². The van der Waals surface area contributed by atoms with Crippen LogP contribution in [-0.2, 0) is 92.9 Å². The standard InChI is InChI=1S/C21H46O3Si.C20H44O3Si.C19H42O3Si.C10H24O3Si.2C9H22O3Si.C4H12O3Si.14CH4/c1-5-6-7-8-9-10-11-12-13-14-15-16-17-18-19-20-21-25(22-2,23-3)24-4;1-5-6-7-8-9-10-11-12-13-14-15-16-17-18-19-20-24(21-2,22-3)23-4;1-5-6-7-8-9-10-11-12-13-14-15-16-17-18-19-23(20-2,21-3)22-4;1-6-8-9-10(7-2)14(11-3,12-4)13-5;1-6-7-9(2)8-13(10-3,11-4)12-5;1-6-7-8-9(2)13(10-3,11-4)12-5;1-5-8(4,6-2)7-3;;;;;;;;;;;;;;/h5-21H2,1-4H3;5-20H2,1-4H3;5-19H2,1-4H3;10H,6-9H2,1-5H3;2*9H,6-8H2,1-5H3;1-4H3;14*1H4. The number of hydrogen-bond acceptors (Lipinski definition) is 21. The maximum absolute atomic E-state index is 5.48. The van der Waals surface area contributed by atoms with E-state index in [1.165, 1.54) is 308 Å². The summed E-state index contributed by atoms with van der Waals surface area (Å²) in [6.07, 6.45) is 73.1. The van der Waals surface area contributed by atoms with Crippen LogP contribution in [0.1, 0.15) is 513 Å². The summed E-state index contributed by atoms with van der Waals surface area (Å²) >= 11 is 0. The molecule has 0 radical (unpaired) electrons. The molecule has 0 amide bonds. The maximum atomic E-state index is 5.48. The minimum Gasteiger partial charge on any atom is -0.377 e. The summed E-state index contributed by atoms with van der Waals surface area (Å²) < 4.78 is 112. The van der Waals surface area contributed by atoms with Gasteiger partial charge in [-0.05, 0) is 44.4 Å². The van der Waals surface area contributed by atoms with Crippen LogP contribution < -0.4 is 0 Å². The van der Waals surface area contributed by atoms with Crippen molar-refractivity contribution in [2.24, 2.45) is 5.92 Å². The molecule has 0 aromatic heterocycles. The summed E-state index contributed by atoms with van der Waals surface area (Å²) in [5.74, 6) is 0.608. The molecule has 21 nitrogen and oxygen atoms in total. The van der Waals surface area contributed by atoms with Crippen molar-refractivity contribution < 1.29 is 92.9 Å². The van der Waals surface area contributed by atoms with E-state index in [9.17, 15) is 0 Å². The van der Waals surface area contributed by atoms with E-state index in [0.717, 1.165) is 62.7 Å². The second-order valence-electron chi connectivity index (χ2n) is 32.6. The average Bonchev–Trinajstić information content (AvgIpc) is 0.848. The molecule has 0 aromatic carbocycles. The molecule has 3 atom stereocenters. The minimum absolute atomic E-state index is 0. The van der Waals surface area contributed by atoms with Gasteiger partial charge in [-0.15, -0.1) is 0 Å². The van der Waals surface area contributed by atoms with Crippen LogP contribution in [0.3, 0.4) is 0 Å². The van der Waals surface area contributed by atoms with Crippen molar-refractivity contribution >= 4 is 61.6 Å². The van der Waals surface area contributed by atoms with Crippen LogP contribution in [-0.4, -0.2) is 211 Å². The molecule has 0 aliphatic heterocycles. The summed E-state index contributed by atoms with van der Waals surface area (Å²) in [6.45, 7) is 21.8. The van der Waals surface area contributed by atoms with E-state index in [1.807, 2.05) is 6.55 Å². The zero-order valence-electron chi connectivity index (χ0n) is 85.8. The van der Waals surface area contributed by atoms with E-state index in [4.69, 9.17) is 92.9 Å². The number of rotatable bonds is 82. The zero-order valence-corrected chi connectivity index (χ0v) is 92.8. The van der Waals surface area contributed by atoms with Crippen LogP contribution >= 0.6 is 0 Å². The molecular weight excluding hydrogens is 1810 g/mol. The van der Waals surface area contributed by atoms with Crippen molar-refractivity contribution in [3.8, 4) is 0 Å². The molecule has 0 rings (SSSR count). The molecule has 28 heteroatoms. The van der Waals surface area contributed by atoms with E-state index in [-0.39, 0.29) is 104 Å². The summed E-state index contributed by atoms with van der Waals surface area (Å²) in [5, 5.41) is 0. The molecule has 846 valence electrons. The lowest BCUT2D eigenvalue weighted by Crippen LogP contribution is -2.47. The highest BCUT2D eigenvalue weighted by atomic mass is 28.4. The quantitative estimate of drug-likeness (QED) is 0.0412. The van der Waals surface area contributed by atoms with Crippen LogP contribution in [0, 0.1) is 5.92 Å². The molecule has 0 saturated heterocycles. The molecule has 0 fully saturated rings. The van der Waals surface area contributed by atoms with Crippen LogP contribution in [0.4, 0.5) is 0 Å². The lowest BCUT2D eigenvalue weighted by atomic mass is 10.0. The molecule has 3 unspecified atom stereocenters. The Balaban J connectivity index is -0.0000000589. The van der Waals surface area contributed by atoms with E-state index >= 15 is 0 Å². The van der Waals surface area contributed by atoms with Gasteiger partial charge in [0.2, 0.25) is 0 Å². The highest BCUT2D eigenvalue weighted by molar-refractivity contribution is 6.63. The predicted octanol–water partition coefficient (Wildman–Crippen LogP) is 37.2.